The van der Waals surface area contributed by atoms with Gasteiger partial charge in [-0.3, -0.25) is 0 Å². The Bertz CT molecular complexity index is 703. The maximum atomic E-state index is 5.35. The Labute approximate surface area is 120 Å². The number of nitrogens with zero attached hydrogens (tertiary/aromatic N) is 1. The Kier molecular flexibility index (Phi) is 3.40. The fourth-order valence-electron chi connectivity index (χ4n) is 2.40. The van der Waals surface area contributed by atoms with Crippen LogP contribution in [-0.4, -0.2) is 11.7 Å². The highest BCUT2D eigenvalue weighted by Gasteiger charge is 2.15. The summed E-state index contributed by atoms with van der Waals surface area (Å²) in [6, 6.07) is 18.7. The van der Waals surface area contributed by atoms with E-state index in [0.717, 1.165) is 10.2 Å². The lowest BCUT2D eigenvalue weighted by molar-refractivity contribution is 0.136. The van der Waals surface area contributed by atoms with Crippen molar-refractivity contribution in [3.05, 3.63) is 59.1 Å². The van der Waals surface area contributed by atoms with Gasteiger partial charge < -0.3 is 9.30 Å². The van der Waals surface area contributed by atoms with E-state index in [9.17, 15) is 0 Å². The minimum atomic E-state index is 0.538. The summed E-state index contributed by atoms with van der Waals surface area (Å²) in [5, 5.41) is 1.21. The maximum absolute atomic E-state index is 5.35. The summed E-state index contributed by atoms with van der Waals surface area (Å²) in [7, 11) is 1.72. The maximum Gasteiger partial charge on any atom is 0.123 e. The highest BCUT2D eigenvalue weighted by atomic mass is 79.9. The van der Waals surface area contributed by atoms with Crippen LogP contribution in [0.5, 0.6) is 0 Å². The van der Waals surface area contributed by atoms with E-state index in [1.807, 2.05) is 6.07 Å². The SMILES string of the molecule is COCn1c(-c2ccccc2)c(Br)c2ccccc21. The summed E-state index contributed by atoms with van der Waals surface area (Å²) in [5.41, 5.74) is 3.52. The lowest BCUT2D eigenvalue weighted by Crippen LogP contribution is -2.01. The summed E-state index contributed by atoms with van der Waals surface area (Å²) >= 11 is 3.73. The standard InChI is InChI=1S/C16H14BrNO/c1-19-11-18-14-10-6-5-9-13(14)15(17)16(18)12-7-3-2-4-8-12/h2-10H,11H2,1H3. The minimum absolute atomic E-state index is 0.538. The Morgan fingerprint density at radius 2 is 1.68 bits per heavy atom. The Morgan fingerprint density at radius 1 is 1.00 bits per heavy atom. The number of para-hydroxylation sites is 1. The van der Waals surface area contributed by atoms with Crippen LogP contribution < -0.4 is 0 Å². The van der Waals surface area contributed by atoms with Crippen molar-refractivity contribution in [3.8, 4) is 11.3 Å². The van der Waals surface area contributed by atoms with Crippen molar-refractivity contribution in [2.24, 2.45) is 0 Å². The van der Waals surface area contributed by atoms with Crippen LogP contribution in [-0.2, 0) is 11.5 Å². The molecule has 0 saturated carbocycles. The normalized spacial score (nSPS) is 11.1. The molecule has 2 aromatic carbocycles. The van der Waals surface area contributed by atoms with Gasteiger partial charge in [-0.05, 0) is 27.6 Å². The number of hydrogen-bond donors (Lipinski definition) is 0. The first-order valence-corrected chi connectivity index (χ1v) is 6.93. The monoisotopic (exact) mass is 315 g/mol. The van der Waals surface area contributed by atoms with Crippen LogP contribution in [0.3, 0.4) is 0 Å². The van der Waals surface area contributed by atoms with Gasteiger partial charge in [0.05, 0.1) is 15.7 Å². The second-order valence-corrected chi connectivity index (χ2v) is 5.18. The number of aromatic nitrogens is 1. The molecule has 0 N–H and O–H groups in total. The highest BCUT2D eigenvalue weighted by Crippen LogP contribution is 2.37. The third-order valence-corrected chi connectivity index (χ3v) is 4.02. The lowest BCUT2D eigenvalue weighted by atomic mass is 10.1. The van der Waals surface area contributed by atoms with Gasteiger partial charge in [0.25, 0.3) is 0 Å². The molecular weight excluding hydrogens is 302 g/mol. The largest absolute Gasteiger partial charge is 0.364 e. The lowest BCUT2D eigenvalue weighted by Gasteiger charge is -2.10. The number of rotatable bonds is 3. The number of benzene rings is 2. The molecule has 0 spiro atoms. The van der Waals surface area contributed by atoms with Crippen molar-refractivity contribution in [1.29, 1.82) is 0 Å². The summed E-state index contributed by atoms with van der Waals surface area (Å²) in [5.74, 6) is 0. The van der Waals surface area contributed by atoms with E-state index in [4.69, 9.17) is 4.74 Å². The number of hydrogen-bond acceptors (Lipinski definition) is 1. The Morgan fingerprint density at radius 3 is 2.42 bits per heavy atom. The van der Waals surface area contributed by atoms with Crippen molar-refractivity contribution in [2.45, 2.75) is 6.73 Å². The Balaban J connectivity index is 2.34. The van der Waals surface area contributed by atoms with Gasteiger partial charge in [0.2, 0.25) is 0 Å². The van der Waals surface area contributed by atoms with Gasteiger partial charge in [0, 0.05) is 12.5 Å². The number of halogens is 1. The first-order chi connectivity index (χ1) is 9.33. The molecule has 0 aliphatic carbocycles. The first kappa shape index (κ1) is 12.5. The Hall–Kier alpha value is -1.58. The van der Waals surface area contributed by atoms with E-state index in [1.165, 1.54) is 16.5 Å². The van der Waals surface area contributed by atoms with Crippen molar-refractivity contribution in [3.63, 3.8) is 0 Å². The molecule has 3 aromatic rings. The van der Waals surface area contributed by atoms with Crippen molar-refractivity contribution in [1.82, 2.24) is 4.57 Å². The number of fused-ring (bicyclic) bond motifs is 1. The van der Waals surface area contributed by atoms with E-state index in [1.54, 1.807) is 7.11 Å². The van der Waals surface area contributed by atoms with Gasteiger partial charge in [-0.1, -0.05) is 48.5 Å². The van der Waals surface area contributed by atoms with Crippen molar-refractivity contribution < 1.29 is 4.74 Å². The quantitative estimate of drug-likeness (QED) is 0.684. The molecule has 2 nitrogen and oxygen atoms in total. The molecule has 1 heterocycles. The topological polar surface area (TPSA) is 14.2 Å². The molecule has 3 rings (SSSR count). The molecule has 96 valence electrons. The van der Waals surface area contributed by atoms with Crippen LogP contribution in [0.2, 0.25) is 0 Å². The second kappa shape index (κ2) is 5.19. The summed E-state index contributed by atoms with van der Waals surface area (Å²) < 4.78 is 8.66. The summed E-state index contributed by atoms with van der Waals surface area (Å²) in [6.07, 6.45) is 0. The fourth-order valence-corrected chi connectivity index (χ4v) is 3.18. The van der Waals surface area contributed by atoms with Crippen LogP contribution in [0, 0.1) is 0 Å². The molecule has 3 heteroatoms. The molecule has 0 amide bonds. The van der Waals surface area contributed by atoms with Crippen LogP contribution in [0.4, 0.5) is 0 Å². The van der Waals surface area contributed by atoms with Gasteiger partial charge in [-0.15, -0.1) is 0 Å². The molecule has 0 fully saturated rings. The zero-order valence-corrected chi connectivity index (χ0v) is 12.2. The molecule has 0 radical (unpaired) electrons. The van der Waals surface area contributed by atoms with E-state index in [0.29, 0.717) is 6.73 Å². The molecule has 0 aliphatic heterocycles. The predicted octanol–water partition coefficient (Wildman–Crippen LogP) is 4.67. The van der Waals surface area contributed by atoms with Crippen LogP contribution in [0.15, 0.2) is 59.1 Å². The first-order valence-electron chi connectivity index (χ1n) is 6.14. The second-order valence-electron chi connectivity index (χ2n) is 4.39. The average molecular weight is 316 g/mol. The van der Waals surface area contributed by atoms with Crippen LogP contribution in [0.1, 0.15) is 0 Å². The van der Waals surface area contributed by atoms with Crippen molar-refractivity contribution >= 4 is 26.8 Å². The summed E-state index contributed by atoms with van der Waals surface area (Å²) in [4.78, 5) is 0. The van der Waals surface area contributed by atoms with E-state index < -0.39 is 0 Å². The third-order valence-electron chi connectivity index (χ3n) is 3.21. The van der Waals surface area contributed by atoms with Gasteiger partial charge in [0.1, 0.15) is 6.73 Å². The minimum Gasteiger partial charge on any atom is -0.364 e. The highest BCUT2D eigenvalue weighted by molar-refractivity contribution is 9.10. The smallest absolute Gasteiger partial charge is 0.123 e. The average Bonchev–Trinajstić information content (AvgIpc) is 2.74. The van der Waals surface area contributed by atoms with E-state index in [2.05, 4.69) is 69.0 Å². The van der Waals surface area contributed by atoms with Gasteiger partial charge in [-0.2, -0.15) is 0 Å². The molecule has 0 bridgehead atoms. The third kappa shape index (κ3) is 2.09. The van der Waals surface area contributed by atoms with Crippen LogP contribution >= 0.6 is 15.9 Å². The fraction of sp³-hybridized carbons (Fsp3) is 0.125. The van der Waals surface area contributed by atoms with E-state index in [-0.39, 0.29) is 0 Å². The number of ether oxygens (including phenoxy) is 1. The van der Waals surface area contributed by atoms with Crippen molar-refractivity contribution in [2.75, 3.05) is 7.11 Å². The van der Waals surface area contributed by atoms with Gasteiger partial charge in [0.15, 0.2) is 0 Å². The molecule has 0 atom stereocenters. The molecule has 19 heavy (non-hydrogen) atoms. The molecular formula is C16H14BrNO. The molecule has 0 aliphatic rings. The van der Waals surface area contributed by atoms with E-state index >= 15 is 0 Å². The predicted molar refractivity (Wildman–Crippen MR) is 82.1 cm³/mol. The van der Waals surface area contributed by atoms with Gasteiger partial charge in [-0.25, -0.2) is 0 Å². The zero-order valence-electron chi connectivity index (χ0n) is 10.6. The van der Waals surface area contributed by atoms with Crippen LogP contribution in [0.25, 0.3) is 22.2 Å². The summed E-state index contributed by atoms with van der Waals surface area (Å²) in [6.45, 7) is 0.538. The number of methoxy groups -OCH3 is 1. The zero-order chi connectivity index (χ0) is 13.2. The molecule has 1 aromatic heterocycles. The van der Waals surface area contributed by atoms with Gasteiger partial charge >= 0.3 is 0 Å². The molecule has 0 unspecified atom stereocenters. The molecule has 0 saturated heterocycles.